The summed E-state index contributed by atoms with van der Waals surface area (Å²) in [7, 11) is 0. The van der Waals surface area contributed by atoms with Crippen LogP contribution in [-0.4, -0.2) is 12.1 Å². The van der Waals surface area contributed by atoms with Crippen LogP contribution in [0.15, 0.2) is 0 Å². The van der Waals surface area contributed by atoms with Crippen molar-refractivity contribution in [2.45, 2.75) is 130 Å². The second-order valence-electron chi connectivity index (χ2n) is 7.86. The molecule has 0 radical (unpaired) electrons. The number of carbonyl (C=O) groups is 1. The lowest BCUT2D eigenvalue weighted by Gasteiger charge is -2.11. The standard InChI is InChI=1S/C22H44O2/c1-5-6-7-11-14-17-21(4)18-15-12-9-8-10-13-16-19-22(23)24-20(2)3/h20-21H,5-19H2,1-4H3. The lowest BCUT2D eigenvalue weighted by molar-refractivity contribution is -0.147. The number of hydrogen-bond acceptors (Lipinski definition) is 2. The zero-order chi connectivity index (χ0) is 18.0. The molecule has 0 bridgehead atoms. The van der Waals surface area contributed by atoms with Gasteiger partial charge in [0.2, 0.25) is 0 Å². The number of carbonyl (C=O) groups excluding carboxylic acids is 1. The van der Waals surface area contributed by atoms with Crippen molar-refractivity contribution in [1.29, 1.82) is 0 Å². The molecule has 2 nitrogen and oxygen atoms in total. The van der Waals surface area contributed by atoms with E-state index in [0.29, 0.717) is 6.42 Å². The first-order valence-corrected chi connectivity index (χ1v) is 10.8. The second kappa shape index (κ2) is 17.3. The molecule has 0 spiro atoms. The number of unbranched alkanes of at least 4 members (excludes halogenated alkanes) is 10. The Labute approximate surface area is 152 Å². The zero-order valence-electron chi connectivity index (χ0n) is 17.1. The zero-order valence-corrected chi connectivity index (χ0v) is 17.1. The van der Waals surface area contributed by atoms with Crippen molar-refractivity contribution in [3.05, 3.63) is 0 Å². The van der Waals surface area contributed by atoms with E-state index in [2.05, 4.69) is 13.8 Å². The van der Waals surface area contributed by atoms with E-state index in [1.54, 1.807) is 0 Å². The largest absolute Gasteiger partial charge is 0.463 e. The fraction of sp³-hybridized carbons (Fsp3) is 0.955. The van der Waals surface area contributed by atoms with Gasteiger partial charge >= 0.3 is 5.97 Å². The average molecular weight is 341 g/mol. The summed E-state index contributed by atoms with van der Waals surface area (Å²) in [6, 6.07) is 0. The molecule has 0 aromatic heterocycles. The van der Waals surface area contributed by atoms with E-state index in [0.717, 1.165) is 12.3 Å². The van der Waals surface area contributed by atoms with Gasteiger partial charge in [0, 0.05) is 6.42 Å². The van der Waals surface area contributed by atoms with Crippen molar-refractivity contribution in [3.8, 4) is 0 Å². The van der Waals surface area contributed by atoms with Crippen molar-refractivity contribution in [2.75, 3.05) is 0 Å². The van der Waals surface area contributed by atoms with E-state index in [1.165, 1.54) is 83.5 Å². The Bertz CT molecular complexity index is 273. The molecule has 0 aliphatic heterocycles. The molecule has 0 aliphatic carbocycles. The van der Waals surface area contributed by atoms with Crippen molar-refractivity contribution in [3.63, 3.8) is 0 Å². The van der Waals surface area contributed by atoms with Gasteiger partial charge in [0.25, 0.3) is 0 Å². The Morgan fingerprint density at radius 2 is 1.17 bits per heavy atom. The van der Waals surface area contributed by atoms with Gasteiger partial charge in [-0.05, 0) is 26.2 Å². The number of esters is 1. The smallest absolute Gasteiger partial charge is 0.306 e. The maximum atomic E-state index is 11.4. The van der Waals surface area contributed by atoms with Crippen LogP contribution in [0.3, 0.4) is 0 Å². The van der Waals surface area contributed by atoms with Crippen LogP contribution in [0.25, 0.3) is 0 Å². The van der Waals surface area contributed by atoms with Gasteiger partial charge in [0.05, 0.1) is 6.10 Å². The Hall–Kier alpha value is -0.530. The van der Waals surface area contributed by atoms with E-state index < -0.39 is 0 Å². The van der Waals surface area contributed by atoms with Gasteiger partial charge in [0.15, 0.2) is 0 Å². The van der Waals surface area contributed by atoms with Crippen LogP contribution in [0.4, 0.5) is 0 Å². The number of hydrogen-bond donors (Lipinski definition) is 0. The van der Waals surface area contributed by atoms with Crippen LogP contribution in [0.1, 0.15) is 124 Å². The molecule has 0 rings (SSSR count). The summed E-state index contributed by atoms with van der Waals surface area (Å²) in [6.07, 6.45) is 19.4. The maximum absolute atomic E-state index is 11.4. The van der Waals surface area contributed by atoms with Crippen molar-refractivity contribution in [1.82, 2.24) is 0 Å². The first kappa shape index (κ1) is 23.5. The Morgan fingerprint density at radius 1 is 0.708 bits per heavy atom. The molecule has 0 aromatic rings. The molecule has 0 N–H and O–H groups in total. The molecule has 0 saturated carbocycles. The molecule has 2 heteroatoms. The van der Waals surface area contributed by atoms with Crippen LogP contribution in [-0.2, 0) is 9.53 Å². The van der Waals surface area contributed by atoms with Crippen LogP contribution < -0.4 is 0 Å². The molecule has 0 saturated heterocycles. The number of rotatable bonds is 17. The van der Waals surface area contributed by atoms with Gasteiger partial charge in [0.1, 0.15) is 0 Å². The minimum Gasteiger partial charge on any atom is -0.463 e. The van der Waals surface area contributed by atoms with Crippen molar-refractivity contribution < 1.29 is 9.53 Å². The van der Waals surface area contributed by atoms with Crippen molar-refractivity contribution in [2.24, 2.45) is 5.92 Å². The summed E-state index contributed by atoms with van der Waals surface area (Å²) in [5.74, 6) is 0.882. The van der Waals surface area contributed by atoms with Gasteiger partial charge in [-0.2, -0.15) is 0 Å². The van der Waals surface area contributed by atoms with Crippen LogP contribution in [0.2, 0.25) is 0 Å². The van der Waals surface area contributed by atoms with E-state index in [-0.39, 0.29) is 12.1 Å². The van der Waals surface area contributed by atoms with Crippen LogP contribution in [0.5, 0.6) is 0 Å². The number of ether oxygens (including phenoxy) is 1. The monoisotopic (exact) mass is 340 g/mol. The van der Waals surface area contributed by atoms with Gasteiger partial charge in [-0.3, -0.25) is 4.79 Å². The lowest BCUT2D eigenvalue weighted by Crippen LogP contribution is -2.10. The Balaban J connectivity index is 3.23. The molecule has 1 unspecified atom stereocenters. The van der Waals surface area contributed by atoms with Gasteiger partial charge in [-0.1, -0.05) is 97.3 Å². The highest BCUT2D eigenvalue weighted by molar-refractivity contribution is 5.69. The average Bonchev–Trinajstić information content (AvgIpc) is 2.52. The summed E-state index contributed by atoms with van der Waals surface area (Å²) in [6.45, 7) is 8.52. The molecule has 144 valence electrons. The van der Waals surface area contributed by atoms with E-state index in [4.69, 9.17) is 4.74 Å². The minimum absolute atomic E-state index is 0.0243. The topological polar surface area (TPSA) is 26.3 Å². The Kier molecular flexibility index (Phi) is 16.9. The van der Waals surface area contributed by atoms with Crippen molar-refractivity contribution >= 4 is 5.97 Å². The summed E-state index contributed by atoms with van der Waals surface area (Å²) in [5.41, 5.74) is 0. The molecule has 0 heterocycles. The van der Waals surface area contributed by atoms with Crippen LogP contribution >= 0.6 is 0 Å². The molecule has 0 amide bonds. The van der Waals surface area contributed by atoms with Gasteiger partial charge < -0.3 is 4.74 Å². The third kappa shape index (κ3) is 17.8. The SMILES string of the molecule is CCCCCCCC(C)CCCCCCCCCC(=O)OC(C)C. The van der Waals surface area contributed by atoms with Gasteiger partial charge in [-0.25, -0.2) is 0 Å². The lowest BCUT2D eigenvalue weighted by atomic mass is 9.96. The highest BCUT2D eigenvalue weighted by Crippen LogP contribution is 2.18. The fourth-order valence-electron chi connectivity index (χ4n) is 3.21. The quantitative estimate of drug-likeness (QED) is 0.203. The Morgan fingerprint density at radius 3 is 1.67 bits per heavy atom. The normalized spacial score (nSPS) is 12.5. The predicted octanol–water partition coefficient (Wildman–Crippen LogP) is 7.45. The molecule has 0 aliphatic rings. The predicted molar refractivity (Wildman–Crippen MR) is 105 cm³/mol. The van der Waals surface area contributed by atoms with E-state index >= 15 is 0 Å². The molecule has 0 aromatic carbocycles. The summed E-state index contributed by atoms with van der Waals surface area (Å²) < 4.78 is 5.14. The molecular formula is C22H44O2. The maximum Gasteiger partial charge on any atom is 0.306 e. The van der Waals surface area contributed by atoms with Crippen LogP contribution in [0, 0.1) is 5.92 Å². The van der Waals surface area contributed by atoms with Gasteiger partial charge in [-0.15, -0.1) is 0 Å². The first-order valence-electron chi connectivity index (χ1n) is 10.8. The highest BCUT2D eigenvalue weighted by atomic mass is 16.5. The third-order valence-corrected chi connectivity index (χ3v) is 4.75. The molecule has 24 heavy (non-hydrogen) atoms. The fourth-order valence-corrected chi connectivity index (χ4v) is 3.21. The van der Waals surface area contributed by atoms with E-state index in [9.17, 15) is 4.79 Å². The molecule has 1 atom stereocenters. The summed E-state index contributed by atoms with van der Waals surface area (Å²) >= 11 is 0. The molecular weight excluding hydrogens is 296 g/mol. The third-order valence-electron chi connectivity index (χ3n) is 4.75. The first-order chi connectivity index (χ1) is 11.6. The minimum atomic E-state index is -0.0336. The summed E-state index contributed by atoms with van der Waals surface area (Å²) in [5, 5.41) is 0. The summed E-state index contributed by atoms with van der Waals surface area (Å²) in [4.78, 5) is 11.4. The second-order valence-corrected chi connectivity index (χ2v) is 7.86. The molecule has 0 fully saturated rings. The highest BCUT2D eigenvalue weighted by Gasteiger charge is 2.05. The van der Waals surface area contributed by atoms with E-state index in [1.807, 2.05) is 13.8 Å².